The van der Waals surface area contributed by atoms with Crippen LogP contribution >= 0.6 is 23.2 Å². The fourth-order valence-corrected chi connectivity index (χ4v) is 6.90. The van der Waals surface area contributed by atoms with Crippen LogP contribution in [0.1, 0.15) is 42.5 Å². The lowest BCUT2D eigenvalue weighted by Gasteiger charge is -2.34. The molecular formula is C36H39Cl2N3O4S. The van der Waals surface area contributed by atoms with Crippen LogP contribution in [-0.4, -0.2) is 43.8 Å². The van der Waals surface area contributed by atoms with Gasteiger partial charge in [-0.3, -0.25) is 13.9 Å². The molecule has 242 valence electrons. The van der Waals surface area contributed by atoms with Crippen LogP contribution in [0.5, 0.6) is 0 Å². The largest absolute Gasteiger partial charge is 0.352 e. The third-order valence-electron chi connectivity index (χ3n) is 7.91. The Morgan fingerprint density at radius 3 is 2.15 bits per heavy atom. The molecule has 4 rings (SSSR count). The summed E-state index contributed by atoms with van der Waals surface area (Å²) in [6.07, 6.45) is 0.916. The predicted molar refractivity (Wildman–Crippen MR) is 186 cm³/mol. The fourth-order valence-electron chi connectivity index (χ4n) is 5.04. The van der Waals surface area contributed by atoms with E-state index in [1.807, 2.05) is 57.2 Å². The van der Waals surface area contributed by atoms with Gasteiger partial charge in [0.05, 0.1) is 10.6 Å². The minimum atomic E-state index is -4.24. The number of halogens is 2. The fraction of sp³-hybridized carbons (Fsp3) is 0.278. The summed E-state index contributed by atoms with van der Waals surface area (Å²) in [5.74, 6) is -0.893. The number of rotatable bonds is 13. The molecule has 0 radical (unpaired) electrons. The molecule has 0 aliphatic heterocycles. The Balaban J connectivity index is 1.84. The van der Waals surface area contributed by atoms with E-state index in [0.29, 0.717) is 27.6 Å². The number of carbonyl (C=O) groups excluding carboxylic acids is 2. The van der Waals surface area contributed by atoms with Gasteiger partial charge in [0.1, 0.15) is 12.6 Å². The standard InChI is InChI=1S/C36H39Cl2N3O4S/c1-5-26(3)39-36(43)34(22-28-11-7-6-8-12-28)40(23-29-13-9-14-30(37)21-29)35(42)24-41(33-16-10-15-32(38)27(33)4)46(44,45)31-19-17-25(2)18-20-31/h6-21,26,34H,5,22-24H2,1-4H3,(H,39,43). The van der Waals surface area contributed by atoms with Crippen molar-refractivity contribution >= 4 is 50.7 Å². The molecular weight excluding hydrogens is 641 g/mol. The molecule has 0 heterocycles. The van der Waals surface area contributed by atoms with E-state index in [4.69, 9.17) is 23.2 Å². The van der Waals surface area contributed by atoms with Gasteiger partial charge in [0, 0.05) is 29.1 Å². The van der Waals surface area contributed by atoms with Gasteiger partial charge in [-0.25, -0.2) is 8.42 Å². The van der Waals surface area contributed by atoms with Crippen LogP contribution in [0.3, 0.4) is 0 Å². The molecule has 0 aliphatic carbocycles. The van der Waals surface area contributed by atoms with E-state index < -0.39 is 28.5 Å². The lowest BCUT2D eigenvalue weighted by Crippen LogP contribution is -2.54. The third-order valence-corrected chi connectivity index (χ3v) is 10.3. The summed E-state index contributed by atoms with van der Waals surface area (Å²) in [6, 6.07) is 26.8. The summed E-state index contributed by atoms with van der Waals surface area (Å²) >= 11 is 12.8. The van der Waals surface area contributed by atoms with Crippen LogP contribution in [0.4, 0.5) is 5.69 Å². The van der Waals surface area contributed by atoms with Crippen molar-refractivity contribution in [3.8, 4) is 0 Å². The first-order valence-electron chi connectivity index (χ1n) is 15.1. The van der Waals surface area contributed by atoms with E-state index >= 15 is 0 Å². The zero-order valence-electron chi connectivity index (χ0n) is 26.4. The summed E-state index contributed by atoms with van der Waals surface area (Å²) in [6.45, 7) is 6.90. The zero-order chi connectivity index (χ0) is 33.4. The maximum absolute atomic E-state index is 14.6. The minimum absolute atomic E-state index is 0.0256. The predicted octanol–water partition coefficient (Wildman–Crippen LogP) is 7.36. The average Bonchev–Trinajstić information content (AvgIpc) is 3.03. The summed E-state index contributed by atoms with van der Waals surface area (Å²) in [4.78, 5) is 30.0. The highest BCUT2D eigenvalue weighted by Gasteiger charge is 2.35. The Labute approximate surface area is 282 Å². The van der Waals surface area contributed by atoms with Gasteiger partial charge in [0.2, 0.25) is 11.8 Å². The molecule has 0 saturated carbocycles. The van der Waals surface area contributed by atoms with E-state index in [1.54, 1.807) is 55.5 Å². The molecule has 4 aromatic carbocycles. The molecule has 4 aromatic rings. The molecule has 1 N–H and O–H groups in total. The van der Waals surface area contributed by atoms with Gasteiger partial charge in [-0.2, -0.15) is 0 Å². The Morgan fingerprint density at radius 2 is 1.50 bits per heavy atom. The molecule has 0 fully saturated rings. The molecule has 46 heavy (non-hydrogen) atoms. The highest BCUT2D eigenvalue weighted by molar-refractivity contribution is 7.92. The number of nitrogens with zero attached hydrogens (tertiary/aromatic N) is 2. The van der Waals surface area contributed by atoms with E-state index in [0.717, 1.165) is 15.4 Å². The number of aryl methyl sites for hydroxylation is 1. The van der Waals surface area contributed by atoms with Crippen molar-refractivity contribution in [1.82, 2.24) is 10.2 Å². The van der Waals surface area contributed by atoms with Gasteiger partial charge in [0.15, 0.2) is 0 Å². The topological polar surface area (TPSA) is 86.8 Å². The zero-order valence-corrected chi connectivity index (χ0v) is 28.7. The van der Waals surface area contributed by atoms with E-state index in [-0.39, 0.29) is 35.5 Å². The van der Waals surface area contributed by atoms with Crippen LogP contribution in [0, 0.1) is 13.8 Å². The number of benzene rings is 4. The molecule has 0 spiro atoms. The number of nitrogens with one attached hydrogen (secondary N) is 1. The number of hydrogen-bond donors (Lipinski definition) is 1. The molecule has 0 aliphatic rings. The van der Waals surface area contributed by atoms with Gasteiger partial charge in [-0.05, 0) is 80.3 Å². The van der Waals surface area contributed by atoms with Crippen LogP contribution in [-0.2, 0) is 32.6 Å². The number of hydrogen-bond acceptors (Lipinski definition) is 4. The molecule has 0 bridgehead atoms. The second kappa shape index (κ2) is 15.6. The van der Waals surface area contributed by atoms with Crippen molar-refractivity contribution < 1.29 is 18.0 Å². The van der Waals surface area contributed by atoms with Crippen molar-refractivity contribution in [1.29, 1.82) is 0 Å². The molecule has 2 amide bonds. The van der Waals surface area contributed by atoms with E-state index in [1.165, 1.54) is 17.0 Å². The quantitative estimate of drug-likeness (QED) is 0.160. The first-order chi connectivity index (χ1) is 21.9. The summed E-state index contributed by atoms with van der Waals surface area (Å²) < 4.78 is 29.6. The number of anilines is 1. The van der Waals surface area contributed by atoms with E-state index in [9.17, 15) is 18.0 Å². The van der Waals surface area contributed by atoms with Crippen molar-refractivity contribution in [2.24, 2.45) is 0 Å². The molecule has 0 saturated heterocycles. The van der Waals surface area contributed by atoms with Gasteiger partial charge < -0.3 is 10.2 Å². The highest BCUT2D eigenvalue weighted by Crippen LogP contribution is 2.31. The van der Waals surface area contributed by atoms with Gasteiger partial charge in [-0.15, -0.1) is 0 Å². The smallest absolute Gasteiger partial charge is 0.264 e. The van der Waals surface area contributed by atoms with Crippen molar-refractivity contribution in [2.75, 3.05) is 10.8 Å². The Hall–Kier alpha value is -3.85. The molecule has 2 unspecified atom stereocenters. The number of amides is 2. The van der Waals surface area contributed by atoms with Crippen LogP contribution in [0.2, 0.25) is 10.0 Å². The Morgan fingerprint density at radius 1 is 0.848 bits per heavy atom. The Bertz CT molecular complexity index is 1770. The molecule has 2 atom stereocenters. The third kappa shape index (κ3) is 8.69. The van der Waals surface area contributed by atoms with Gasteiger partial charge in [0.25, 0.3) is 10.0 Å². The summed E-state index contributed by atoms with van der Waals surface area (Å²) in [5, 5.41) is 3.88. The lowest BCUT2D eigenvalue weighted by atomic mass is 10.0. The van der Waals surface area contributed by atoms with Crippen LogP contribution < -0.4 is 9.62 Å². The van der Waals surface area contributed by atoms with Gasteiger partial charge >= 0.3 is 0 Å². The maximum Gasteiger partial charge on any atom is 0.264 e. The first kappa shape index (κ1) is 35.0. The number of carbonyl (C=O) groups is 2. The maximum atomic E-state index is 14.6. The second-order valence-corrected chi connectivity index (χ2v) is 14.1. The normalized spacial score (nSPS) is 12.7. The monoisotopic (exact) mass is 679 g/mol. The van der Waals surface area contributed by atoms with Gasteiger partial charge in [-0.1, -0.05) is 96.4 Å². The molecule has 0 aromatic heterocycles. The SMILES string of the molecule is CCC(C)NC(=O)C(Cc1ccccc1)N(Cc1cccc(Cl)c1)C(=O)CN(c1cccc(Cl)c1C)S(=O)(=O)c1ccc(C)cc1. The van der Waals surface area contributed by atoms with Crippen molar-refractivity contribution in [3.05, 3.63) is 129 Å². The molecule has 10 heteroatoms. The highest BCUT2D eigenvalue weighted by atomic mass is 35.5. The first-order valence-corrected chi connectivity index (χ1v) is 17.3. The van der Waals surface area contributed by atoms with Crippen LogP contribution in [0.25, 0.3) is 0 Å². The summed E-state index contributed by atoms with van der Waals surface area (Å²) in [7, 11) is -4.24. The lowest BCUT2D eigenvalue weighted by molar-refractivity contribution is -0.140. The number of sulfonamides is 1. The van der Waals surface area contributed by atoms with E-state index in [2.05, 4.69) is 5.32 Å². The van der Waals surface area contributed by atoms with Crippen molar-refractivity contribution in [2.45, 2.75) is 64.1 Å². The minimum Gasteiger partial charge on any atom is -0.352 e. The average molecular weight is 681 g/mol. The summed E-state index contributed by atoms with van der Waals surface area (Å²) in [5.41, 5.74) is 3.22. The second-order valence-electron chi connectivity index (χ2n) is 11.4. The molecule has 7 nitrogen and oxygen atoms in total. The van der Waals surface area contributed by atoms with Crippen molar-refractivity contribution in [3.63, 3.8) is 0 Å². The van der Waals surface area contributed by atoms with Crippen LogP contribution in [0.15, 0.2) is 102 Å². The Kier molecular flexibility index (Phi) is 11.9.